The summed E-state index contributed by atoms with van der Waals surface area (Å²) in [4.78, 5) is 0. The largest absolute Gasteiger partial charge is 0.411 e. The number of alkyl halides is 1. The zero-order valence-electron chi connectivity index (χ0n) is 7.85. The van der Waals surface area contributed by atoms with Crippen LogP contribution in [0.5, 0.6) is 0 Å². The van der Waals surface area contributed by atoms with E-state index >= 15 is 0 Å². The highest BCUT2D eigenvalue weighted by Crippen LogP contribution is 2.15. The zero-order valence-corrected chi connectivity index (χ0v) is 9.76. The summed E-state index contributed by atoms with van der Waals surface area (Å²) in [6, 6.07) is 7.86. The number of hydrogen-bond acceptors (Lipinski definition) is 0. The van der Waals surface area contributed by atoms with Crippen LogP contribution >= 0.6 is 11.6 Å². The molecule has 1 aromatic carbocycles. The second-order valence-electron chi connectivity index (χ2n) is 3.19. The molecule has 0 heterocycles. The molecule has 0 saturated carbocycles. The molecule has 0 N–H and O–H groups in total. The van der Waals surface area contributed by atoms with Gasteiger partial charge in [0.2, 0.25) is 0 Å². The fraction of sp³-hybridized carbons (Fsp3) is 0.400. The molecule has 0 fully saturated rings. The van der Waals surface area contributed by atoms with Crippen LogP contribution in [-0.2, 0) is 12.3 Å². The normalized spacial score (nSPS) is 10.9. The Morgan fingerprint density at radius 3 is 2.36 bits per heavy atom. The highest BCUT2D eigenvalue weighted by molar-refractivity contribution is 6.42. The number of aryl methyl sites for hydroxylation is 1. The van der Waals surface area contributed by atoms with Gasteiger partial charge in [-0.05, 0) is 30.0 Å². The van der Waals surface area contributed by atoms with E-state index in [-0.39, 0.29) is 6.04 Å². The van der Waals surface area contributed by atoms with Crippen molar-refractivity contribution in [1.29, 1.82) is 0 Å². The van der Waals surface area contributed by atoms with Crippen LogP contribution in [0.25, 0.3) is 0 Å². The lowest BCUT2D eigenvalue weighted by Crippen LogP contribution is -1.98. The molecule has 0 unspecified atom stereocenters. The van der Waals surface area contributed by atoms with Gasteiger partial charge in [-0.3, -0.25) is 8.22 Å². The predicted octanol–water partition coefficient (Wildman–Crippen LogP) is 3.52. The summed E-state index contributed by atoms with van der Waals surface area (Å²) in [6.45, 7) is 0. The van der Waals surface area contributed by atoms with Gasteiger partial charge >= 0.3 is 9.46 Å². The Bertz CT molecular complexity index is 279. The van der Waals surface area contributed by atoms with E-state index in [4.69, 9.17) is 11.6 Å². The molecule has 0 aromatic heterocycles. The third kappa shape index (κ3) is 3.76. The van der Waals surface area contributed by atoms with Crippen molar-refractivity contribution in [2.24, 2.45) is 0 Å². The monoisotopic (exact) mass is 234 g/mol. The molecule has 78 valence electrons. The van der Waals surface area contributed by atoms with Crippen molar-refractivity contribution in [2.45, 2.75) is 24.8 Å². The van der Waals surface area contributed by atoms with Crippen molar-refractivity contribution in [2.75, 3.05) is 0 Å². The highest BCUT2D eigenvalue weighted by atomic mass is 35.5. The van der Waals surface area contributed by atoms with Crippen molar-refractivity contribution >= 4 is 21.1 Å². The smallest absolute Gasteiger partial charge is 0.275 e. The molecule has 0 atom stereocenters. The maximum absolute atomic E-state index is 12.0. The van der Waals surface area contributed by atoms with Crippen molar-refractivity contribution in [3.05, 3.63) is 35.4 Å². The second kappa shape index (κ2) is 6.14. The quantitative estimate of drug-likeness (QED) is 0.416. The molecule has 0 spiro atoms. The van der Waals surface area contributed by atoms with Gasteiger partial charge in [0, 0.05) is 5.88 Å². The summed E-state index contributed by atoms with van der Waals surface area (Å²) < 4.78 is 24.1. The number of hydrogen-bond donors (Lipinski definition) is 0. The fourth-order valence-corrected chi connectivity index (χ4v) is 2.15. The Morgan fingerprint density at radius 1 is 1.14 bits per heavy atom. The molecule has 4 heteroatoms. The molecule has 0 aliphatic heterocycles. The Balaban J connectivity index is 2.49. The van der Waals surface area contributed by atoms with Crippen LogP contribution in [0.1, 0.15) is 17.5 Å². The van der Waals surface area contributed by atoms with Gasteiger partial charge in [-0.1, -0.05) is 24.3 Å². The molecular weight excluding hydrogens is 222 g/mol. The Morgan fingerprint density at radius 2 is 1.79 bits per heavy atom. The van der Waals surface area contributed by atoms with Gasteiger partial charge in [0.1, 0.15) is 0 Å². The maximum Gasteiger partial charge on any atom is 0.411 e. The minimum absolute atomic E-state index is 0.108. The van der Waals surface area contributed by atoms with Crippen molar-refractivity contribution < 1.29 is 8.22 Å². The minimum Gasteiger partial charge on any atom is -0.275 e. The first-order chi connectivity index (χ1) is 6.74. The first-order valence-electron chi connectivity index (χ1n) is 4.65. The molecule has 0 amide bonds. The number of benzene rings is 1. The summed E-state index contributed by atoms with van der Waals surface area (Å²) >= 11 is 5.73. The van der Waals surface area contributed by atoms with Gasteiger partial charge in [-0.25, -0.2) is 0 Å². The molecule has 0 bridgehead atoms. The van der Waals surface area contributed by atoms with Gasteiger partial charge in [0.05, 0.1) is 0 Å². The van der Waals surface area contributed by atoms with E-state index in [2.05, 4.69) is 0 Å². The Labute approximate surface area is 89.9 Å². The summed E-state index contributed by atoms with van der Waals surface area (Å²) in [7, 11) is -3.37. The molecule has 0 saturated heterocycles. The SMILES string of the molecule is F[SiH](F)CCCc1ccccc1CCl. The molecule has 0 radical (unpaired) electrons. The highest BCUT2D eigenvalue weighted by Gasteiger charge is 2.07. The van der Waals surface area contributed by atoms with E-state index in [0.29, 0.717) is 12.3 Å². The summed E-state index contributed by atoms with van der Waals surface area (Å²) in [5.74, 6) is 0.461. The van der Waals surface area contributed by atoms with Gasteiger partial charge in [-0.2, -0.15) is 0 Å². The maximum atomic E-state index is 12.0. The molecule has 0 aliphatic rings. The van der Waals surface area contributed by atoms with Crippen molar-refractivity contribution in [3.63, 3.8) is 0 Å². The molecular formula is C10H13ClF2Si. The predicted molar refractivity (Wildman–Crippen MR) is 58.5 cm³/mol. The van der Waals surface area contributed by atoms with Gasteiger partial charge < -0.3 is 0 Å². The van der Waals surface area contributed by atoms with Crippen molar-refractivity contribution in [1.82, 2.24) is 0 Å². The Hall–Kier alpha value is -0.413. The van der Waals surface area contributed by atoms with Gasteiger partial charge in [0.15, 0.2) is 0 Å². The van der Waals surface area contributed by atoms with E-state index in [1.807, 2.05) is 24.3 Å². The van der Waals surface area contributed by atoms with Crippen LogP contribution in [-0.4, -0.2) is 9.46 Å². The first-order valence-corrected chi connectivity index (χ1v) is 6.87. The topological polar surface area (TPSA) is 0 Å². The third-order valence-electron chi connectivity index (χ3n) is 2.13. The summed E-state index contributed by atoms with van der Waals surface area (Å²) in [5.41, 5.74) is 2.17. The van der Waals surface area contributed by atoms with E-state index < -0.39 is 9.46 Å². The molecule has 1 aromatic rings. The third-order valence-corrected chi connectivity index (χ3v) is 3.26. The van der Waals surface area contributed by atoms with Crippen LogP contribution in [0.3, 0.4) is 0 Å². The fourth-order valence-electron chi connectivity index (χ4n) is 1.38. The second-order valence-corrected chi connectivity index (χ2v) is 4.81. The lowest BCUT2D eigenvalue weighted by molar-refractivity contribution is 0.641. The summed E-state index contributed by atoms with van der Waals surface area (Å²) in [5, 5.41) is 0. The van der Waals surface area contributed by atoms with Crippen LogP contribution in [0.4, 0.5) is 8.22 Å². The molecule has 0 nitrogen and oxygen atoms in total. The average molecular weight is 235 g/mol. The molecule has 14 heavy (non-hydrogen) atoms. The minimum atomic E-state index is -3.37. The molecule has 1 rings (SSSR count). The van der Waals surface area contributed by atoms with Gasteiger partial charge in [0.25, 0.3) is 0 Å². The lowest BCUT2D eigenvalue weighted by Gasteiger charge is -2.05. The summed E-state index contributed by atoms with van der Waals surface area (Å²) in [6.07, 6.45) is 1.30. The average Bonchev–Trinajstić information content (AvgIpc) is 2.18. The van der Waals surface area contributed by atoms with E-state index in [1.165, 1.54) is 0 Å². The Kier molecular flexibility index (Phi) is 5.12. The van der Waals surface area contributed by atoms with Crippen LogP contribution in [0.15, 0.2) is 24.3 Å². The van der Waals surface area contributed by atoms with Crippen LogP contribution in [0.2, 0.25) is 6.04 Å². The number of halogens is 3. The number of rotatable bonds is 5. The van der Waals surface area contributed by atoms with E-state index in [9.17, 15) is 8.22 Å². The standard InChI is InChI=1S/C10H13ClF2Si/c11-8-10-5-2-1-4-9(10)6-3-7-14(12)13/h1-2,4-5,14H,3,6-8H2. The van der Waals surface area contributed by atoms with Crippen molar-refractivity contribution in [3.8, 4) is 0 Å². The van der Waals surface area contributed by atoms with E-state index in [1.54, 1.807) is 0 Å². The van der Waals surface area contributed by atoms with Gasteiger partial charge in [-0.15, -0.1) is 11.6 Å². The first kappa shape index (κ1) is 11.7. The zero-order chi connectivity index (χ0) is 10.4. The van der Waals surface area contributed by atoms with Crippen LogP contribution in [0, 0.1) is 0 Å². The molecule has 0 aliphatic carbocycles. The lowest BCUT2D eigenvalue weighted by atomic mass is 10.0. The van der Waals surface area contributed by atoms with Crippen LogP contribution < -0.4 is 0 Å². The van der Waals surface area contributed by atoms with E-state index in [0.717, 1.165) is 17.5 Å².